The first-order chi connectivity index (χ1) is 14.6. The molecule has 0 saturated carbocycles. The Balaban J connectivity index is 1.77. The van der Waals surface area contributed by atoms with Crippen molar-refractivity contribution in [1.82, 2.24) is 14.5 Å². The molecule has 7 nitrogen and oxygen atoms in total. The number of benzene rings is 1. The van der Waals surface area contributed by atoms with E-state index < -0.39 is 15.7 Å². The van der Waals surface area contributed by atoms with Crippen LogP contribution in [0.15, 0.2) is 23.1 Å². The first kappa shape index (κ1) is 24.7. The molecule has 2 aliphatic heterocycles. The van der Waals surface area contributed by atoms with Gasteiger partial charge in [-0.1, -0.05) is 37.0 Å². The number of methoxy groups -OCH3 is 1. The van der Waals surface area contributed by atoms with Gasteiger partial charge in [-0.05, 0) is 49.8 Å². The molecule has 0 bridgehead atoms. The molecule has 3 rings (SSSR count). The third kappa shape index (κ3) is 5.20. The van der Waals surface area contributed by atoms with Crippen LogP contribution in [-0.4, -0.2) is 68.6 Å². The van der Waals surface area contributed by atoms with Gasteiger partial charge in [0.25, 0.3) is 0 Å². The van der Waals surface area contributed by atoms with E-state index in [9.17, 15) is 13.2 Å². The summed E-state index contributed by atoms with van der Waals surface area (Å²) >= 11 is 12.0. The summed E-state index contributed by atoms with van der Waals surface area (Å²) < 4.78 is 32.9. The summed E-state index contributed by atoms with van der Waals surface area (Å²) in [7, 11) is -2.05. The third-order valence-electron chi connectivity index (χ3n) is 6.04. The van der Waals surface area contributed by atoms with Crippen LogP contribution in [-0.2, 0) is 19.6 Å². The van der Waals surface area contributed by atoms with Crippen LogP contribution < -0.4 is 5.32 Å². The van der Waals surface area contributed by atoms with Gasteiger partial charge < -0.3 is 9.64 Å². The molecule has 1 N–H and O–H groups in total. The predicted molar refractivity (Wildman–Crippen MR) is 122 cm³/mol. The van der Waals surface area contributed by atoms with Gasteiger partial charge in [0.1, 0.15) is 0 Å². The number of carbonyl (C=O) groups excluding carboxylic acids is 1. The number of sulfonamides is 1. The smallest absolute Gasteiger partial charge is 0.243 e. The van der Waals surface area contributed by atoms with E-state index in [0.717, 1.165) is 12.8 Å². The highest BCUT2D eigenvalue weighted by Crippen LogP contribution is 2.36. The van der Waals surface area contributed by atoms with Crippen molar-refractivity contribution in [3.05, 3.63) is 28.2 Å². The van der Waals surface area contributed by atoms with E-state index in [1.165, 1.54) is 22.5 Å². The molecule has 1 atom stereocenters. The van der Waals surface area contributed by atoms with E-state index in [1.807, 2.05) is 4.90 Å². The molecule has 0 aliphatic carbocycles. The minimum absolute atomic E-state index is 0.102. The Bertz CT molecular complexity index is 902. The van der Waals surface area contributed by atoms with Crippen LogP contribution in [0.4, 0.5) is 0 Å². The molecule has 174 valence electrons. The van der Waals surface area contributed by atoms with Gasteiger partial charge in [0.15, 0.2) is 0 Å². The average molecular weight is 492 g/mol. The van der Waals surface area contributed by atoms with E-state index in [2.05, 4.69) is 19.2 Å². The lowest BCUT2D eigenvalue weighted by atomic mass is 9.97. The molecule has 0 aromatic heterocycles. The van der Waals surface area contributed by atoms with Crippen LogP contribution in [0, 0.1) is 5.92 Å². The van der Waals surface area contributed by atoms with Gasteiger partial charge in [0.05, 0.1) is 26.6 Å². The van der Waals surface area contributed by atoms with Crippen molar-refractivity contribution in [2.45, 2.75) is 56.1 Å². The maximum atomic E-state index is 13.1. The first-order valence-electron chi connectivity index (χ1n) is 10.6. The molecule has 1 aromatic rings. The van der Waals surface area contributed by atoms with Crippen molar-refractivity contribution in [1.29, 1.82) is 0 Å². The maximum Gasteiger partial charge on any atom is 0.243 e. The van der Waals surface area contributed by atoms with E-state index >= 15 is 0 Å². The number of ether oxygens (including phenoxy) is 1. The van der Waals surface area contributed by atoms with Crippen LogP contribution in [0.2, 0.25) is 10.0 Å². The third-order valence-corrected chi connectivity index (χ3v) is 8.67. The summed E-state index contributed by atoms with van der Waals surface area (Å²) in [6.45, 7) is 6.00. The topological polar surface area (TPSA) is 79.0 Å². The molecule has 1 unspecified atom stereocenters. The quantitative estimate of drug-likeness (QED) is 0.564. The second kappa shape index (κ2) is 9.93. The number of nitrogens with one attached hydrogen (secondary N) is 1. The number of hydrogen-bond donors (Lipinski definition) is 1. The molecule has 31 heavy (non-hydrogen) atoms. The Labute approximate surface area is 195 Å². The minimum atomic E-state index is -3.69. The zero-order valence-electron chi connectivity index (χ0n) is 18.2. The lowest BCUT2D eigenvalue weighted by molar-refractivity contribution is -0.133. The Kier molecular flexibility index (Phi) is 7.92. The monoisotopic (exact) mass is 491 g/mol. The van der Waals surface area contributed by atoms with E-state index in [0.29, 0.717) is 50.0 Å². The van der Waals surface area contributed by atoms with Gasteiger partial charge in [-0.25, -0.2) is 8.42 Å². The summed E-state index contributed by atoms with van der Waals surface area (Å²) in [5.41, 5.74) is -0.520. The van der Waals surface area contributed by atoms with Gasteiger partial charge in [-0.3, -0.25) is 10.1 Å². The first-order valence-corrected chi connectivity index (χ1v) is 12.8. The minimum Gasteiger partial charge on any atom is -0.385 e. The van der Waals surface area contributed by atoms with Crippen LogP contribution in [0.3, 0.4) is 0 Å². The number of hydrogen-bond acceptors (Lipinski definition) is 5. The molecule has 2 fully saturated rings. The number of rotatable bonds is 8. The summed E-state index contributed by atoms with van der Waals surface area (Å²) in [5, 5.41) is 4.09. The molecule has 1 aromatic carbocycles. The molecule has 2 aliphatic rings. The Morgan fingerprint density at radius 1 is 1.23 bits per heavy atom. The Morgan fingerprint density at radius 3 is 2.48 bits per heavy atom. The largest absolute Gasteiger partial charge is 0.385 e. The fraction of sp³-hybridized carbons (Fsp3) is 0.667. The van der Waals surface area contributed by atoms with E-state index in [4.69, 9.17) is 27.9 Å². The van der Waals surface area contributed by atoms with Crippen molar-refractivity contribution in [3.8, 4) is 0 Å². The predicted octanol–water partition coefficient (Wildman–Crippen LogP) is 3.36. The Morgan fingerprint density at radius 2 is 1.90 bits per heavy atom. The summed E-state index contributed by atoms with van der Waals surface area (Å²) in [4.78, 5) is 15.2. The number of carbonyl (C=O) groups is 1. The molecular formula is C21H31Cl2N3O4S. The number of halogens is 2. The molecule has 1 amide bonds. The molecule has 2 heterocycles. The van der Waals surface area contributed by atoms with Crippen LogP contribution in [0.25, 0.3) is 0 Å². The van der Waals surface area contributed by atoms with Crippen molar-refractivity contribution >= 4 is 39.1 Å². The van der Waals surface area contributed by atoms with Gasteiger partial charge in [0, 0.05) is 33.4 Å². The van der Waals surface area contributed by atoms with Crippen LogP contribution in [0.5, 0.6) is 0 Å². The maximum absolute atomic E-state index is 13.1. The lowest BCUT2D eigenvalue weighted by Crippen LogP contribution is -2.59. The lowest BCUT2D eigenvalue weighted by Gasteiger charge is -2.44. The standard InChI is InChI=1S/C21H31Cl2N3O4S/c1-15(2)13-19-20(27)26(9-4-12-30-3)21(24-19)7-10-25(11-8-21)31(28,29)16-5-6-17(22)18(23)14-16/h5-6,14-15,19,24H,4,7-13H2,1-3H3. The normalized spacial score (nSPS) is 22.1. The molecule has 0 radical (unpaired) electrons. The van der Waals surface area contributed by atoms with Crippen molar-refractivity contribution in [3.63, 3.8) is 0 Å². The summed E-state index contributed by atoms with van der Waals surface area (Å²) in [6.07, 6.45) is 2.56. The second-order valence-electron chi connectivity index (χ2n) is 8.67. The van der Waals surface area contributed by atoms with E-state index in [1.54, 1.807) is 7.11 Å². The van der Waals surface area contributed by atoms with Crippen molar-refractivity contribution in [2.24, 2.45) is 5.92 Å². The molecular weight excluding hydrogens is 461 g/mol. The van der Waals surface area contributed by atoms with Gasteiger partial charge in [-0.15, -0.1) is 0 Å². The molecule has 1 spiro atoms. The van der Waals surface area contributed by atoms with Gasteiger partial charge in [-0.2, -0.15) is 4.31 Å². The fourth-order valence-electron chi connectivity index (χ4n) is 4.48. The zero-order chi connectivity index (χ0) is 22.8. The Hall–Kier alpha value is -0.900. The number of piperidine rings is 1. The van der Waals surface area contributed by atoms with E-state index in [-0.39, 0.29) is 21.9 Å². The zero-order valence-corrected chi connectivity index (χ0v) is 20.6. The highest BCUT2D eigenvalue weighted by Gasteiger charge is 2.52. The fourth-order valence-corrected chi connectivity index (χ4v) is 6.31. The SMILES string of the molecule is COCCCN1C(=O)C(CC(C)C)NC12CCN(S(=O)(=O)c1ccc(Cl)c(Cl)c1)CC2. The number of amides is 1. The van der Waals surface area contributed by atoms with Crippen LogP contribution in [0.1, 0.15) is 39.5 Å². The molecule has 2 saturated heterocycles. The number of nitrogens with zero attached hydrogens (tertiary/aromatic N) is 2. The summed E-state index contributed by atoms with van der Waals surface area (Å²) in [5.74, 6) is 0.484. The van der Waals surface area contributed by atoms with Gasteiger partial charge in [0.2, 0.25) is 15.9 Å². The van der Waals surface area contributed by atoms with Crippen molar-refractivity contribution in [2.75, 3.05) is 33.4 Å². The highest BCUT2D eigenvalue weighted by atomic mass is 35.5. The van der Waals surface area contributed by atoms with Gasteiger partial charge >= 0.3 is 0 Å². The van der Waals surface area contributed by atoms with Crippen LogP contribution >= 0.6 is 23.2 Å². The second-order valence-corrected chi connectivity index (χ2v) is 11.4. The average Bonchev–Trinajstić information content (AvgIpc) is 2.95. The summed E-state index contributed by atoms with van der Waals surface area (Å²) in [6, 6.07) is 4.12. The molecule has 10 heteroatoms. The highest BCUT2D eigenvalue weighted by molar-refractivity contribution is 7.89. The van der Waals surface area contributed by atoms with Crippen molar-refractivity contribution < 1.29 is 17.9 Å².